The highest BCUT2D eigenvalue weighted by Gasteiger charge is 2.12. The molecule has 3 aromatic rings. The topological polar surface area (TPSA) is 75.0 Å². The summed E-state index contributed by atoms with van der Waals surface area (Å²) in [7, 11) is 0. The van der Waals surface area contributed by atoms with E-state index >= 15 is 0 Å². The molecule has 0 aliphatic heterocycles. The predicted octanol–water partition coefficient (Wildman–Crippen LogP) is 3.70. The molecule has 1 amide bonds. The maximum atomic E-state index is 12.1. The fraction of sp³-hybridized carbons (Fsp3) is 0.0556. The van der Waals surface area contributed by atoms with Crippen molar-refractivity contribution >= 4 is 22.2 Å². The number of carbonyl (C=O) groups is 1. The number of nitrogens with one attached hydrogen (secondary N) is 1. The lowest BCUT2D eigenvalue weighted by molar-refractivity contribution is -0.118. The second-order valence-corrected chi connectivity index (χ2v) is 5.70. The molecule has 118 valence electrons. The molecule has 1 heterocycles. The number of hydrogen-bond donors (Lipinski definition) is 1. The van der Waals surface area contributed by atoms with E-state index in [1.165, 1.54) is 11.3 Å². The number of amides is 1. The van der Waals surface area contributed by atoms with E-state index in [9.17, 15) is 4.79 Å². The lowest BCUT2D eigenvalue weighted by Gasteiger charge is -2.08. The molecule has 0 saturated carbocycles. The Labute approximate surface area is 143 Å². The maximum Gasteiger partial charge on any atom is 0.262 e. The lowest BCUT2D eigenvalue weighted by atomic mass is 10.2. The molecule has 5 nitrogen and oxygen atoms in total. The number of rotatable bonds is 5. The van der Waals surface area contributed by atoms with Crippen molar-refractivity contribution in [3.8, 4) is 23.1 Å². The molecule has 0 atom stereocenters. The van der Waals surface area contributed by atoms with Gasteiger partial charge in [-0.25, -0.2) is 4.98 Å². The van der Waals surface area contributed by atoms with Gasteiger partial charge in [-0.15, -0.1) is 11.3 Å². The zero-order chi connectivity index (χ0) is 16.8. The van der Waals surface area contributed by atoms with Gasteiger partial charge in [-0.05, 0) is 12.1 Å². The molecule has 0 unspecified atom stereocenters. The largest absolute Gasteiger partial charge is 0.482 e. The number of para-hydroxylation sites is 1. The Balaban J connectivity index is 1.66. The Kier molecular flexibility index (Phi) is 4.84. The number of benzene rings is 2. The van der Waals surface area contributed by atoms with Crippen LogP contribution in [-0.4, -0.2) is 17.5 Å². The van der Waals surface area contributed by atoms with Gasteiger partial charge in [0, 0.05) is 5.56 Å². The standard InChI is InChI=1S/C18H13N3O2S/c19-10-14-8-4-5-9-15(14)23-11-16(22)21-18-17(20-12-24-18)13-6-2-1-3-7-13/h1-9,12H,11H2,(H,21,22). The molecule has 3 rings (SSSR count). The first-order chi connectivity index (χ1) is 11.8. The number of aromatic nitrogens is 1. The zero-order valence-corrected chi connectivity index (χ0v) is 13.4. The average molecular weight is 335 g/mol. The van der Waals surface area contributed by atoms with Gasteiger partial charge in [0.05, 0.1) is 11.1 Å². The number of hydrogen-bond acceptors (Lipinski definition) is 5. The lowest BCUT2D eigenvalue weighted by Crippen LogP contribution is -2.20. The first-order valence-corrected chi connectivity index (χ1v) is 8.06. The van der Waals surface area contributed by atoms with Gasteiger partial charge in [-0.2, -0.15) is 5.26 Å². The van der Waals surface area contributed by atoms with E-state index < -0.39 is 0 Å². The van der Waals surface area contributed by atoms with Crippen molar-refractivity contribution in [3.05, 3.63) is 65.7 Å². The Morgan fingerprint density at radius 2 is 1.92 bits per heavy atom. The summed E-state index contributed by atoms with van der Waals surface area (Å²) in [5.74, 6) is 0.0897. The fourth-order valence-electron chi connectivity index (χ4n) is 2.13. The highest BCUT2D eigenvalue weighted by molar-refractivity contribution is 7.14. The average Bonchev–Trinajstić information content (AvgIpc) is 3.09. The van der Waals surface area contributed by atoms with Crippen molar-refractivity contribution in [2.45, 2.75) is 0 Å². The summed E-state index contributed by atoms with van der Waals surface area (Å²) in [5.41, 5.74) is 3.74. The van der Waals surface area contributed by atoms with Gasteiger partial charge in [0.15, 0.2) is 6.61 Å². The third kappa shape index (κ3) is 3.59. The van der Waals surface area contributed by atoms with Gasteiger partial charge in [0.1, 0.15) is 22.5 Å². The summed E-state index contributed by atoms with van der Waals surface area (Å²) in [6.07, 6.45) is 0. The molecule has 24 heavy (non-hydrogen) atoms. The van der Waals surface area contributed by atoms with Crippen molar-refractivity contribution in [3.63, 3.8) is 0 Å². The minimum atomic E-state index is -0.302. The van der Waals surface area contributed by atoms with Gasteiger partial charge in [-0.1, -0.05) is 42.5 Å². The molecule has 0 saturated heterocycles. The number of nitriles is 1. The van der Waals surface area contributed by atoms with Gasteiger partial charge < -0.3 is 10.1 Å². The number of nitrogens with zero attached hydrogens (tertiary/aromatic N) is 2. The highest BCUT2D eigenvalue weighted by Crippen LogP contribution is 2.30. The number of anilines is 1. The molecule has 0 aliphatic carbocycles. The van der Waals surface area contributed by atoms with Crippen LogP contribution in [0.2, 0.25) is 0 Å². The number of thiazole rings is 1. The van der Waals surface area contributed by atoms with Crippen LogP contribution in [0.15, 0.2) is 60.1 Å². The van der Waals surface area contributed by atoms with E-state index in [0.717, 1.165) is 11.3 Å². The number of ether oxygens (including phenoxy) is 1. The third-order valence-electron chi connectivity index (χ3n) is 3.23. The van der Waals surface area contributed by atoms with E-state index in [1.54, 1.807) is 29.8 Å². The molecule has 0 spiro atoms. The minimum Gasteiger partial charge on any atom is -0.482 e. The molecule has 0 aliphatic rings. The zero-order valence-electron chi connectivity index (χ0n) is 12.6. The second-order valence-electron chi connectivity index (χ2n) is 4.84. The molecule has 1 aromatic heterocycles. The van der Waals surface area contributed by atoms with E-state index in [4.69, 9.17) is 10.00 Å². The smallest absolute Gasteiger partial charge is 0.262 e. The predicted molar refractivity (Wildman–Crippen MR) is 92.8 cm³/mol. The van der Waals surface area contributed by atoms with Gasteiger partial charge >= 0.3 is 0 Å². The molecule has 2 aromatic carbocycles. The van der Waals surface area contributed by atoms with Crippen LogP contribution in [0.5, 0.6) is 5.75 Å². The van der Waals surface area contributed by atoms with Crippen molar-refractivity contribution < 1.29 is 9.53 Å². The summed E-state index contributed by atoms with van der Waals surface area (Å²) < 4.78 is 5.43. The van der Waals surface area contributed by atoms with Crippen LogP contribution in [0.25, 0.3) is 11.3 Å². The van der Waals surface area contributed by atoms with E-state index in [2.05, 4.69) is 10.3 Å². The quantitative estimate of drug-likeness (QED) is 0.771. The maximum absolute atomic E-state index is 12.1. The molecule has 6 heteroatoms. The van der Waals surface area contributed by atoms with E-state index in [1.807, 2.05) is 36.4 Å². The van der Waals surface area contributed by atoms with Crippen LogP contribution in [-0.2, 0) is 4.79 Å². The van der Waals surface area contributed by atoms with Crippen molar-refractivity contribution in [2.75, 3.05) is 11.9 Å². The summed E-state index contributed by atoms with van der Waals surface area (Å²) in [6.45, 7) is -0.176. The van der Waals surface area contributed by atoms with Crippen LogP contribution >= 0.6 is 11.3 Å². The first-order valence-electron chi connectivity index (χ1n) is 7.18. The molecule has 0 radical (unpaired) electrons. The van der Waals surface area contributed by atoms with Crippen LogP contribution in [0.1, 0.15) is 5.56 Å². The minimum absolute atomic E-state index is 0.176. The fourth-order valence-corrected chi connectivity index (χ4v) is 2.85. The van der Waals surface area contributed by atoms with Crippen LogP contribution in [0.3, 0.4) is 0 Å². The van der Waals surface area contributed by atoms with Gasteiger partial charge in [0.25, 0.3) is 5.91 Å². The van der Waals surface area contributed by atoms with Crippen LogP contribution in [0.4, 0.5) is 5.00 Å². The molecular formula is C18H13N3O2S. The SMILES string of the molecule is N#Cc1ccccc1OCC(=O)Nc1scnc1-c1ccccc1. The Hall–Kier alpha value is -3.17. The van der Waals surface area contributed by atoms with Crippen molar-refractivity contribution in [1.29, 1.82) is 5.26 Å². The van der Waals surface area contributed by atoms with Gasteiger partial charge in [-0.3, -0.25) is 4.79 Å². The molecular weight excluding hydrogens is 322 g/mol. The summed E-state index contributed by atoms with van der Waals surface area (Å²) >= 11 is 1.35. The Morgan fingerprint density at radius 3 is 2.71 bits per heavy atom. The Morgan fingerprint density at radius 1 is 1.17 bits per heavy atom. The normalized spacial score (nSPS) is 9.96. The van der Waals surface area contributed by atoms with E-state index in [-0.39, 0.29) is 12.5 Å². The third-order valence-corrected chi connectivity index (χ3v) is 3.98. The first kappa shape index (κ1) is 15.7. The summed E-state index contributed by atoms with van der Waals surface area (Å²) in [5, 5.41) is 12.5. The van der Waals surface area contributed by atoms with E-state index in [0.29, 0.717) is 16.3 Å². The van der Waals surface area contributed by atoms with Gasteiger partial charge in [0.2, 0.25) is 0 Å². The summed E-state index contributed by atoms with van der Waals surface area (Å²) in [6, 6.07) is 18.5. The van der Waals surface area contributed by atoms with Crippen molar-refractivity contribution in [2.24, 2.45) is 0 Å². The second kappa shape index (κ2) is 7.40. The van der Waals surface area contributed by atoms with Crippen LogP contribution < -0.4 is 10.1 Å². The van der Waals surface area contributed by atoms with Crippen molar-refractivity contribution in [1.82, 2.24) is 4.98 Å². The molecule has 1 N–H and O–H groups in total. The number of carbonyl (C=O) groups excluding carboxylic acids is 1. The van der Waals surface area contributed by atoms with Crippen LogP contribution in [0, 0.1) is 11.3 Å². The Bertz CT molecular complexity index is 885. The molecule has 0 bridgehead atoms. The molecule has 0 fully saturated rings. The monoisotopic (exact) mass is 335 g/mol. The summed E-state index contributed by atoms with van der Waals surface area (Å²) in [4.78, 5) is 16.4. The highest BCUT2D eigenvalue weighted by atomic mass is 32.1.